The molecule has 1 amide bonds. The van der Waals surface area contributed by atoms with Gasteiger partial charge in [-0.05, 0) is 44.9 Å². The Labute approximate surface area is 115 Å². The van der Waals surface area contributed by atoms with E-state index in [-0.39, 0.29) is 11.9 Å². The lowest BCUT2D eigenvalue weighted by molar-refractivity contribution is 0.0578. The molecule has 0 fully saturated rings. The third-order valence-corrected chi connectivity index (χ3v) is 3.38. The number of methoxy groups -OCH3 is 1. The zero-order valence-corrected chi connectivity index (χ0v) is 12.5. The second-order valence-corrected chi connectivity index (χ2v) is 4.92. The van der Waals surface area contributed by atoms with Gasteiger partial charge in [0.15, 0.2) is 0 Å². The van der Waals surface area contributed by atoms with E-state index < -0.39 is 0 Å². The molecule has 0 saturated carbocycles. The molecule has 0 heterocycles. The number of hydrogen-bond acceptors (Lipinski definition) is 3. The fraction of sp³-hybridized carbons (Fsp3) is 0.533. The number of nitrogens with zero attached hydrogens (tertiary/aromatic N) is 1. The zero-order valence-electron chi connectivity index (χ0n) is 12.5. The number of hydrogen-bond donors (Lipinski definition) is 1. The van der Waals surface area contributed by atoms with E-state index in [1.807, 2.05) is 33.8 Å². The molecule has 4 nitrogen and oxygen atoms in total. The molecule has 2 N–H and O–H groups in total. The molecule has 0 saturated heterocycles. The van der Waals surface area contributed by atoms with Crippen LogP contribution >= 0.6 is 0 Å². The molecule has 1 atom stereocenters. The molecule has 0 radical (unpaired) electrons. The minimum Gasteiger partial charge on any atom is -0.398 e. The summed E-state index contributed by atoms with van der Waals surface area (Å²) in [6, 6.07) is 3.77. The van der Waals surface area contributed by atoms with Crippen LogP contribution in [0.5, 0.6) is 0 Å². The first-order valence-electron chi connectivity index (χ1n) is 6.59. The number of rotatable bonds is 5. The van der Waals surface area contributed by atoms with Crippen LogP contribution in [0.15, 0.2) is 12.1 Å². The van der Waals surface area contributed by atoms with Crippen LogP contribution in [0.2, 0.25) is 0 Å². The van der Waals surface area contributed by atoms with Gasteiger partial charge in [-0.2, -0.15) is 0 Å². The maximum atomic E-state index is 12.6. The molecule has 1 unspecified atom stereocenters. The normalized spacial score (nSPS) is 12.3. The lowest BCUT2D eigenvalue weighted by Gasteiger charge is -2.28. The van der Waals surface area contributed by atoms with E-state index in [2.05, 4.69) is 0 Å². The predicted octanol–water partition coefficient (Wildman–Crippen LogP) is 2.38. The molecule has 0 spiro atoms. The third kappa shape index (κ3) is 3.47. The third-order valence-electron chi connectivity index (χ3n) is 3.38. The van der Waals surface area contributed by atoms with Crippen LogP contribution in [-0.2, 0) is 4.74 Å². The zero-order chi connectivity index (χ0) is 14.6. The van der Waals surface area contributed by atoms with Gasteiger partial charge in [-0.15, -0.1) is 0 Å². The lowest BCUT2D eigenvalue weighted by Crippen LogP contribution is -2.41. The van der Waals surface area contributed by atoms with Gasteiger partial charge in [-0.3, -0.25) is 4.79 Å². The Morgan fingerprint density at radius 1 is 1.37 bits per heavy atom. The highest BCUT2D eigenvalue weighted by Crippen LogP contribution is 2.20. The highest BCUT2D eigenvalue weighted by molar-refractivity contribution is 5.97. The summed E-state index contributed by atoms with van der Waals surface area (Å²) < 4.78 is 5.13. The highest BCUT2D eigenvalue weighted by atomic mass is 16.5. The van der Waals surface area contributed by atoms with Gasteiger partial charge in [-0.25, -0.2) is 0 Å². The second kappa shape index (κ2) is 6.57. The largest absolute Gasteiger partial charge is 0.398 e. The number of amides is 1. The van der Waals surface area contributed by atoms with Crippen molar-refractivity contribution in [1.82, 2.24) is 4.90 Å². The Bertz CT molecular complexity index is 458. The molecule has 106 valence electrons. The summed E-state index contributed by atoms with van der Waals surface area (Å²) in [6.07, 6.45) is 0. The summed E-state index contributed by atoms with van der Waals surface area (Å²) in [6.45, 7) is 9.02. The smallest absolute Gasteiger partial charge is 0.254 e. The van der Waals surface area contributed by atoms with Gasteiger partial charge in [0.05, 0.1) is 12.6 Å². The van der Waals surface area contributed by atoms with Gasteiger partial charge in [-0.1, -0.05) is 6.07 Å². The minimum absolute atomic E-state index is 0.0104. The Balaban J connectivity index is 3.07. The average Bonchev–Trinajstić information content (AvgIpc) is 2.34. The van der Waals surface area contributed by atoms with Gasteiger partial charge in [0, 0.05) is 24.9 Å². The van der Waals surface area contributed by atoms with Crippen molar-refractivity contribution in [1.29, 1.82) is 0 Å². The van der Waals surface area contributed by atoms with Crippen molar-refractivity contribution >= 4 is 11.6 Å². The standard InChI is InChI=1S/C15H24N2O2/c1-6-17(12(4)9-19-5)15(18)13-8-14(16)11(3)7-10(13)2/h7-8,12H,6,9,16H2,1-5H3. The molecule has 0 aromatic heterocycles. The summed E-state index contributed by atoms with van der Waals surface area (Å²) in [5.74, 6) is 0.0104. The van der Waals surface area contributed by atoms with Crippen LogP contribution in [0.3, 0.4) is 0 Å². The maximum Gasteiger partial charge on any atom is 0.254 e. The van der Waals surface area contributed by atoms with Crippen molar-refractivity contribution in [3.05, 3.63) is 28.8 Å². The van der Waals surface area contributed by atoms with E-state index in [4.69, 9.17) is 10.5 Å². The van der Waals surface area contributed by atoms with Crippen LogP contribution in [0.4, 0.5) is 5.69 Å². The first kappa shape index (κ1) is 15.5. The molecular weight excluding hydrogens is 240 g/mol. The van der Waals surface area contributed by atoms with E-state index in [0.717, 1.165) is 11.1 Å². The Kier molecular flexibility index (Phi) is 5.36. The number of carbonyl (C=O) groups is 1. The van der Waals surface area contributed by atoms with Gasteiger partial charge in [0.25, 0.3) is 5.91 Å². The van der Waals surface area contributed by atoms with Gasteiger partial charge >= 0.3 is 0 Å². The Morgan fingerprint density at radius 3 is 2.53 bits per heavy atom. The van der Waals surface area contributed by atoms with E-state index in [1.165, 1.54) is 0 Å². The fourth-order valence-electron chi connectivity index (χ4n) is 2.24. The average molecular weight is 264 g/mol. The van der Waals surface area contributed by atoms with Crippen LogP contribution < -0.4 is 5.73 Å². The summed E-state index contributed by atoms with van der Waals surface area (Å²) in [5.41, 5.74) is 9.20. The number of benzene rings is 1. The molecule has 19 heavy (non-hydrogen) atoms. The topological polar surface area (TPSA) is 55.6 Å². The minimum atomic E-state index is 0.0104. The summed E-state index contributed by atoms with van der Waals surface area (Å²) in [4.78, 5) is 14.4. The number of carbonyl (C=O) groups excluding carboxylic acids is 1. The van der Waals surface area contributed by atoms with Crippen molar-refractivity contribution in [3.63, 3.8) is 0 Å². The molecule has 1 aromatic carbocycles. The van der Waals surface area contributed by atoms with Gasteiger partial charge in [0.1, 0.15) is 0 Å². The quantitative estimate of drug-likeness (QED) is 0.831. The van der Waals surface area contributed by atoms with Gasteiger partial charge < -0.3 is 15.4 Å². The first-order chi connectivity index (χ1) is 8.92. The SMILES string of the molecule is CCN(C(=O)c1cc(N)c(C)cc1C)C(C)COC. The van der Waals surface area contributed by atoms with Crippen LogP contribution in [0, 0.1) is 13.8 Å². The highest BCUT2D eigenvalue weighted by Gasteiger charge is 2.21. The fourth-order valence-corrected chi connectivity index (χ4v) is 2.24. The van der Waals surface area contributed by atoms with Gasteiger partial charge in [0.2, 0.25) is 0 Å². The first-order valence-corrected chi connectivity index (χ1v) is 6.59. The van der Waals surface area contributed by atoms with E-state index in [0.29, 0.717) is 24.4 Å². The van der Waals surface area contributed by atoms with Crippen molar-refractivity contribution in [2.75, 3.05) is 26.0 Å². The van der Waals surface area contributed by atoms with Crippen molar-refractivity contribution in [2.24, 2.45) is 0 Å². The van der Waals surface area contributed by atoms with Crippen molar-refractivity contribution in [3.8, 4) is 0 Å². The number of aryl methyl sites for hydroxylation is 2. The molecule has 0 bridgehead atoms. The summed E-state index contributed by atoms with van der Waals surface area (Å²) >= 11 is 0. The van der Waals surface area contributed by atoms with Crippen LogP contribution in [0.1, 0.15) is 35.3 Å². The van der Waals surface area contributed by atoms with Crippen molar-refractivity contribution < 1.29 is 9.53 Å². The molecule has 0 aliphatic heterocycles. The van der Waals surface area contributed by atoms with Crippen molar-refractivity contribution in [2.45, 2.75) is 33.7 Å². The number of nitrogen functional groups attached to an aromatic ring is 1. The lowest BCUT2D eigenvalue weighted by atomic mass is 10.0. The second-order valence-electron chi connectivity index (χ2n) is 4.92. The molecule has 0 aliphatic rings. The predicted molar refractivity (Wildman–Crippen MR) is 78.4 cm³/mol. The molecule has 1 rings (SSSR count). The summed E-state index contributed by atoms with van der Waals surface area (Å²) in [7, 11) is 1.64. The van der Waals surface area contributed by atoms with E-state index >= 15 is 0 Å². The number of likely N-dealkylation sites (N-methyl/N-ethyl adjacent to an activating group) is 1. The number of nitrogens with two attached hydrogens (primary N) is 1. The molecular formula is C15H24N2O2. The Hall–Kier alpha value is -1.55. The van der Waals surface area contributed by atoms with Crippen LogP contribution in [0.25, 0.3) is 0 Å². The maximum absolute atomic E-state index is 12.6. The molecule has 4 heteroatoms. The summed E-state index contributed by atoms with van der Waals surface area (Å²) in [5, 5.41) is 0. The monoisotopic (exact) mass is 264 g/mol. The number of anilines is 1. The Morgan fingerprint density at radius 2 is 2.00 bits per heavy atom. The molecule has 0 aliphatic carbocycles. The van der Waals surface area contributed by atoms with E-state index in [9.17, 15) is 4.79 Å². The molecule has 1 aromatic rings. The van der Waals surface area contributed by atoms with Crippen LogP contribution in [-0.4, -0.2) is 37.1 Å². The van der Waals surface area contributed by atoms with E-state index in [1.54, 1.807) is 18.1 Å². The number of ether oxygens (including phenoxy) is 1.